The Kier molecular flexibility index (Phi) is 4.12. The molecule has 2 aromatic carbocycles. The molecule has 2 amide bonds. The van der Waals surface area contributed by atoms with Crippen LogP contribution in [0.2, 0.25) is 0 Å². The van der Waals surface area contributed by atoms with E-state index >= 15 is 0 Å². The highest BCUT2D eigenvalue weighted by molar-refractivity contribution is 5.99. The van der Waals surface area contributed by atoms with Crippen LogP contribution in [-0.4, -0.2) is 37.7 Å². The van der Waals surface area contributed by atoms with E-state index in [1.165, 1.54) is 6.92 Å². The molecule has 0 bridgehead atoms. The van der Waals surface area contributed by atoms with Gasteiger partial charge in [0.15, 0.2) is 17.6 Å². The van der Waals surface area contributed by atoms with Crippen molar-refractivity contribution in [1.29, 1.82) is 0 Å². The van der Waals surface area contributed by atoms with Crippen LogP contribution in [0.4, 0.5) is 11.4 Å². The molecule has 7 heteroatoms. The van der Waals surface area contributed by atoms with Crippen molar-refractivity contribution in [3.63, 3.8) is 0 Å². The summed E-state index contributed by atoms with van der Waals surface area (Å²) < 4.78 is 16.8. The molecule has 7 nitrogen and oxygen atoms in total. The van der Waals surface area contributed by atoms with Gasteiger partial charge < -0.3 is 24.4 Å². The number of benzene rings is 2. The largest absolute Gasteiger partial charge is 0.486 e. The average Bonchev–Trinajstić information content (AvgIpc) is 2.66. The predicted molar refractivity (Wildman–Crippen MR) is 94.9 cm³/mol. The number of nitrogens with zero attached hydrogens (tertiary/aromatic N) is 1. The molecule has 26 heavy (non-hydrogen) atoms. The van der Waals surface area contributed by atoms with Crippen molar-refractivity contribution in [3.05, 3.63) is 42.5 Å². The third-order valence-electron chi connectivity index (χ3n) is 4.26. The first kappa shape index (κ1) is 16.3. The monoisotopic (exact) mass is 354 g/mol. The maximum absolute atomic E-state index is 12.7. The second-order valence-electron chi connectivity index (χ2n) is 6.05. The van der Waals surface area contributed by atoms with Gasteiger partial charge in [-0.25, -0.2) is 0 Å². The molecule has 134 valence electrons. The Hall–Kier alpha value is -3.22. The SMILES string of the molecule is CC(=O)N1C[C@@H](C(=O)Nc2ccc3c(c2)OCCO3)Oc2ccccc21. The number of amides is 2. The van der Waals surface area contributed by atoms with Gasteiger partial charge in [0.25, 0.3) is 5.91 Å². The second kappa shape index (κ2) is 6.59. The van der Waals surface area contributed by atoms with Crippen molar-refractivity contribution in [1.82, 2.24) is 0 Å². The maximum Gasteiger partial charge on any atom is 0.267 e. The Morgan fingerprint density at radius 3 is 2.62 bits per heavy atom. The summed E-state index contributed by atoms with van der Waals surface area (Å²) in [6.45, 7) is 2.61. The number of fused-ring (bicyclic) bond motifs is 2. The molecule has 2 aliphatic heterocycles. The van der Waals surface area contributed by atoms with E-state index in [4.69, 9.17) is 14.2 Å². The van der Waals surface area contributed by atoms with E-state index in [0.29, 0.717) is 41.8 Å². The van der Waals surface area contributed by atoms with Gasteiger partial charge in [-0.15, -0.1) is 0 Å². The van der Waals surface area contributed by atoms with Gasteiger partial charge in [-0.3, -0.25) is 9.59 Å². The van der Waals surface area contributed by atoms with Crippen LogP contribution >= 0.6 is 0 Å². The van der Waals surface area contributed by atoms with E-state index in [1.54, 1.807) is 41.3 Å². The summed E-state index contributed by atoms with van der Waals surface area (Å²) in [6, 6.07) is 12.4. The first-order valence-electron chi connectivity index (χ1n) is 8.36. The number of para-hydroxylation sites is 2. The number of carbonyl (C=O) groups excluding carboxylic acids is 2. The fraction of sp³-hybridized carbons (Fsp3) is 0.263. The molecule has 0 aliphatic carbocycles. The highest BCUT2D eigenvalue weighted by atomic mass is 16.6. The maximum atomic E-state index is 12.7. The fourth-order valence-corrected chi connectivity index (χ4v) is 3.01. The summed E-state index contributed by atoms with van der Waals surface area (Å²) >= 11 is 0. The molecule has 4 rings (SSSR count). The number of anilines is 2. The van der Waals surface area contributed by atoms with Crippen LogP contribution < -0.4 is 24.4 Å². The molecule has 0 radical (unpaired) electrons. The van der Waals surface area contributed by atoms with Gasteiger partial charge in [0.1, 0.15) is 19.0 Å². The van der Waals surface area contributed by atoms with Gasteiger partial charge >= 0.3 is 0 Å². The molecule has 2 heterocycles. The van der Waals surface area contributed by atoms with E-state index in [1.807, 2.05) is 6.07 Å². The molecule has 1 N–H and O–H groups in total. The summed E-state index contributed by atoms with van der Waals surface area (Å²) in [5.74, 6) is 1.28. The van der Waals surface area contributed by atoms with E-state index in [9.17, 15) is 9.59 Å². The lowest BCUT2D eigenvalue weighted by Gasteiger charge is -2.33. The zero-order valence-corrected chi connectivity index (χ0v) is 14.2. The van der Waals surface area contributed by atoms with Crippen LogP contribution in [0.15, 0.2) is 42.5 Å². The summed E-state index contributed by atoms with van der Waals surface area (Å²) in [5.41, 5.74) is 1.25. The Bertz CT molecular complexity index is 867. The fourth-order valence-electron chi connectivity index (χ4n) is 3.01. The second-order valence-corrected chi connectivity index (χ2v) is 6.05. The normalized spacial score (nSPS) is 17.7. The molecule has 0 saturated heterocycles. The molecule has 0 fully saturated rings. The lowest BCUT2D eigenvalue weighted by Crippen LogP contribution is -2.48. The molecule has 0 aromatic heterocycles. The number of nitrogens with one attached hydrogen (secondary N) is 1. The Balaban J connectivity index is 1.53. The van der Waals surface area contributed by atoms with E-state index in [0.717, 1.165) is 0 Å². The zero-order chi connectivity index (χ0) is 18.1. The standard InChI is InChI=1S/C19H18N2O5/c1-12(22)21-11-18(26-15-5-3-2-4-14(15)21)19(23)20-13-6-7-16-17(10-13)25-9-8-24-16/h2-7,10,18H,8-9,11H2,1H3,(H,20,23)/t18-/m0/s1. The summed E-state index contributed by atoms with van der Waals surface area (Å²) in [7, 11) is 0. The average molecular weight is 354 g/mol. The lowest BCUT2D eigenvalue weighted by atomic mass is 10.1. The van der Waals surface area contributed by atoms with Crippen molar-refractivity contribution in [2.24, 2.45) is 0 Å². The third kappa shape index (κ3) is 3.03. The molecular weight excluding hydrogens is 336 g/mol. The molecule has 0 unspecified atom stereocenters. The molecule has 0 saturated carbocycles. The third-order valence-corrected chi connectivity index (χ3v) is 4.26. The first-order chi connectivity index (χ1) is 12.6. The smallest absolute Gasteiger partial charge is 0.267 e. The Morgan fingerprint density at radius 1 is 1.04 bits per heavy atom. The van der Waals surface area contributed by atoms with Crippen LogP contribution in [0.5, 0.6) is 17.2 Å². The minimum absolute atomic E-state index is 0.141. The van der Waals surface area contributed by atoms with Gasteiger partial charge in [0.05, 0.1) is 12.2 Å². The molecule has 1 atom stereocenters. The minimum Gasteiger partial charge on any atom is -0.486 e. The van der Waals surface area contributed by atoms with Gasteiger partial charge in [-0.05, 0) is 24.3 Å². The van der Waals surface area contributed by atoms with Crippen molar-refractivity contribution in [3.8, 4) is 17.2 Å². The Labute approximate surface area is 150 Å². The number of ether oxygens (including phenoxy) is 3. The molecule has 2 aromatic rings. The van der Waals surface area contributed by atoms with Crippen molar-refractivity contribution in [2.45, 2.75) is 13.0 Å². The molecular formula is C19H18N2O5. The summed E-state index contributed by atoms with van der Waals surface area (Å²) in [4.78, 5) is 26.2. The zero-order valence-electron chi connectivity index (χ0n) is 14.2. The Morgan fingerprint density at radius 2 is 1.81 bits per heavy atom. The molecule has 0 spiro atoms. The van der Waals surface area contributed by atoms with Crippen LogP contribution in [0.1, 0.15) is 6.92 Å². The number of rotatable bonds is 2. The quantitative estimate of drug-likeness (QED) is 0.895. The molecule has 2 aliphatic rings. The minimum atomic E-state index is -0.804. The number of hydrogen-bond acceptors (Lipinski definition) is 5. The van der Waals surface area contributed by atoms with Crippen molar-refractivity contribution in [2.75, 3.05) is 30.0 Å². The first-order valence-corrected chi connectivity index (χ1v) is 8.36. The van der Waals surface area contributed by atoms with E-state index < -0.39 is 6.10 Å². The summed E-state index contributed by atoms with van der Waals surface area (Å²) in [5, 5.41) is 2.81. The van der Waals surface area contributed by atoms with E-state index in [2.05, 4.69) is 5.32 Å². The van der Waals surface area contributed by atoms with Crippen molar-refractivity contribution >= 4 is 23.2 Å². The number of hydrogen-bond donors (Lipinski definition) is 1. The van der Waals surface area contributed by atoms with Gasteiger partial charge in [-0.2, -0.15) is 0 Å². The van der Waals surface area contributed by atoms with Gasteiger partial charge in [0.2, 0.25) is 5.91 Å². The highest BCUT2D eigenvalue weighted by Crippen LogP contribution is 2.35. The van der Waals surface area contributed by atoms with Crippen LogP contribution in [0, 0.1) is 0 Å². The lowest BCUT2D eigenvalue weighted by molar-refractivity contribution is -0.123. The van der Waals surface area contributed by atoms with Gasteiger partial charge in [0, 0.05) is 18.7 Å². The van der Waals surface area contributed by atoms with Crippen LogP contribution in [-0.2, 0) is 9.59 Å². The van der Waals surface area contributed by atoms with E-state index in [-0.39, 0.29) is 18.4 Å². The van der Waals surface area contributed by atoms with Crippen LogP contribution in [0.3, 0.4) is 0 Å². The highest BCUT2D eigenvalue weighted by Gasteiger charge is 2.32. The number of carbonyl (C=O) groups is 2. The topological polar surface area (TPSA) is 77.1 Å². The van der Waals surface area contributed by atoms with Gasteiger partial charge in [-0.1, -0.05) is 12.1 Å². The van der Waals surface area contributed by atoms with Crippen LogP contribution in [0.25, 0.3) is 0 Å². The summed E-state index contributed by atoms with van der Waals surface area (Å²) in [6.07, 6.45) is -0.804. The van der Waals surface area contributed by atoms with Crippen molar-refractivity contribution < 1.29 is 23.8 Å². The predicted octanol–water partition coefficient (Wildman–Crippen LogP) is 2.21.